The van der Waals surface area contributed by atoms with Crippen LogP contribution in [0.1, 0.15) is 16.6 Å². The SMILES string of the molecule is C[C@H](NC(=O)c1cc2c(F)cccc2s1)C(=O)O. The summed E-state index contributed by atoms with van der Waals surface area (Å²) in [5.41, 5.74) is 0. The van der Waals surface area contributed by atoms with E-state index in [2.05, 4.69) is 5.32 Å². The van der Waals surface area contributed by atoms with Crippen molar-refractivity contribution in [2.75, 3.05) is 0 Å². The minimum absolute atomic E-state index is 0.295. The van der Waals surface area contributed by atoms with Crippen molar-refractivity contribution in [1.82, 2.24) is 5.32 Å². The van der Waals surface area contributed by atoms with Gasteiger partial charge in [-0.05, 0) is 25.1 Å². The van der Waals surface area contributed by atoms with Gasteiger partial charge in [0.05, 0.1) is 4.88 Å². The summed E-state index contributed by atoms with van der Waals surface area (Å²) in [6.45, 7) is 1.37. The summed E-state index contributed by atoms with van der Waals surface area (Å²) in [6, 6.07) is 5.04. The van der Waals surface area contributed by atoms with Crippen molar-refractivity contribution in [3.63, 3.8) is 0 Å². The molecule has 6 heteroatoms. The maximum absolute atomic E-state index is 13.4. The van der Waals surface area contributed by atoms with Gasteiger partial charge in [-0.15, -0.1) is 11.3 Å². The standard InChI is InChI=1S/C12H10FNO3S/c1-6(12(16)17)14-11(15)10-5-7-8(13)3-2-4-9(7)18-10/h2-6H,1H3,(H,14,15)(H,16,17)/t6-/m0/s1. The summed E-state index contributed by atoms with van der Waals surface area (Å²) in [7, 11) is 0. The molecule has 1 aromatic carbocycles. The van der Waals surface area contributed by atoms with Crippen molar-refractivity contribution < 1.29 is 19.1 Å². The number of halogens is 1. The largest absolute Gasteiger partial charge is 0.480 e. The second-order valence-corrected chi connectivity index (χ2v) is 4.88. The lowest BCUT2D eigenvalue weighted by Gasteiger charge is -2.07. The molecule has 0 aliphatic carbocycles. The summed E-state index contributed by atoms with van der Waals surface area (Å²) in [5.74, 6) is -2.02. The molecule has 0 aliphatic rings. The summed E-state index contributed by atoms with van der Waals surface area (Å²) >= 11 is 1.13. The molecule has 0 aliphatic heterocycles. The molecule has 2 N–H and O–H groups in total. The number of amides is 1. The minimum Gasteiger partial charge on any atom is -0.480 e. The van der Waals surface area contributed by atoms with E-state index < -0.39 is 23.7 Å². The molecular weight excluding hydrogens is 257 g/mol. The van der Waals surface area contributed by atoms with Crippen LogP contribution in [-0.4, -0.2) is 23.0 Å². The molecule has 0 spiro atoms. The number of hydrogen-bond acceptors (Lipinski definition) is 3. The van der Waals surface area contributed by atoms with Gasteiger partial charge in [-0.1, -0.05) is 6.07 Å². The topological polar surface area (TPSA) is 66.4 Å². The number of rotatable bonds is 3. The first kappa shape index (κ1) is 12.5. The Kier molecular flexibility index (Phi) is 3.29. The lowest BCUT2D eigenvalue weighted by molar-refractivity contribution is -0.138. The van der Waals surface area contributed by atoms with Gasteiger partial charge in [0.15, 0.2) is 0 Å². The van der Waals surface area contributed by atoms with Crippen LogP contribution in [0.25, 0.3) is 10.1 Å². The Morgan fingerprint density at radius 1 is 1.44 bits per heavy atom. The van der Waals surface area contributed by atoms with Crippen molar-refractivity contribution in [1.29, 1.82) is 0 Å². The van der Waals surface area contributed by atoms with Gasteiger partial charge in [0.1, 0.15) is 11.9 Å². The van der Waals surface area contributed by atoms with E-state index in [0.29, 0.717) is 15.0 Å². The van der Waals surface area contributed by atoms with Crippen LogP contribution in [0.3, 0.4) is 0 Å². The Morgan fingerprint density at radius 2 is 2.17 bits per heavy atom. The predicted molar refractivity (Wildman–Crippen MR) is 66.3 cm³/mol. The smallest absolute Gasteiger partial charge is 0.325 e. The highest BCUT2D eigenvalue weighted by Crippen LogP contribution is 2.27. The molecule has 1 amide bonds. The molecule has 0 unspecified atom stereocenters. The molecule has 18 heavy (non-hydrogen) atoms. The average Bonchev–Trinajstić information content (AvgIpc) is 2.74. The predicted octanol–water partition coefficient (Wildman–Crippen LogP) is 2.24. The van der Waals surface area contributed by atoms with E-state index in [1.54, 1.807) is 12.1 Å². The molecule has 94 valence electrons. The van der Waals surface area contributed by atoms with Crippen LogP contribution in [0.15, 0.2) is 24.3 Å². The number of nitrogens with one attached hydrogen (secondary N) is 1. The molecule has 0 saturated carbocycles. The van der Waals surface area contributed by atoms with E-state index in [9.17, 15) is 14.0 Å². The first-order valence-corrected chi connectivity index (χ1v) is 6.02. The van der Waals surface area contributed by atoms with Gasteiger partial charge in [-0.3, -0.25) is 9.59 Å². The fraction of sp³-hybridized carbons (Fsp3) is 0.167. The average molecular weight is 267 g/mol. The fourth-order valence-electron chi connectivity index (χ4n) is 1.47. The third-order valence-electron chi connectivity index (χ3n) is 2.45. The molecule has 2 rings (SSSR count). The third-order valence-corrected chi connectivity index (χ3v) is 3.55. The number of carbonyl (C=O) groups excluding carboxylic acids is 1. The molecule has 1 heterocycles. The fourth-order valence-corrected chi connectivity index (χ4v) is 2.45. The number of carboxylic acid groups (broad SMARTS) is 1. The Morgan fingerprint density at radius 3 is 2.78 bits per heavy atom. The van der Waals surface area contributed by atoms with Crippen LogP contribution in [0, 0.1) is 5.82 Å². The summed E-state index contributed by atoms with van der Waals surface area (Å²) < 4.78 is 14.1. The van der Waals surface area contributed by atoms with Crippen molar-refractivity contribution in [2.45, 2.75) is 13.0 Å². The van der Waals surface area contributed by atoms with Crippen LogP contribution in [0.4, 0.5) is 4.39 Å². The quantitative estimate of drug-likeness (QED) is 0.896. The zero-order valence-corrected chi connectivity index (χ0v) is 10.3. The second kappa shape index (κ2) is 4.73. The zero-order valence-electron chi connectivity index (χ0n) is 9.44. The number of aliphatic carboxylic acids is 1. The van der Waals surface area contributed by atoms with Crippen molar-refractivity contribution >= 4 is 33.3 Å². The van der Waals surface area contributed by atoms with E-state index in [-0.39, 0.29) is 0 Å². The van der Waals surface area contributed by atoms with Crippen molar-refractivity contribution in [3.05, 3.63) is 35.0 Å². The monoisotopic (exact) mass is 267 g/mol. The Hall–Kier alpha value is -1.95. The summed E-state index contributed by atoms with van der Waals surface area (Å²) in [4.78, 5) is 22.7. The second-order valence-electron chi connectivity index (χ2n) is 3.80. The minimum atomic E-state index is -1.12. The van der Waals surface area contributed by atoms with Crippen molar-refractivity contribution in [2.24, 2.45) is 0 Å². The molecule has 4 nitrogen and oxygen atoms in total. The van der Waals surface area contributed by atoms with E-state index in [1.165, 1.54) is 19.1 Å². The van der Waals surface area contributed by atoms with Gasteiger partial charge in [-0.2, -0.15) is 0 Å². The summed E-state index contributed by atoms with van der Waals surface area (Å²) in [6.07, 6.45) is 0. The van der Waals surface area contributed by atoms with Crippen LogP contribution >= 0.6 is 11.3 Å². The lowest BCUT2D eigenvalue weighted by atomic mass is 10.2. The van der Waals surface area contributed by atoms with E-state index in [1.807, 2.05) is 0 Å². The van der Waals surface area contributed by atoms with E-state index in [0.717, 1.165) is 11.3 Å². The maximum Gasteiger partial charge on any atom is 0.325 e. The molecule has 0 fully saturated rings. The first-order chi connectivity index (χ1) is 8.49. The molecule has 2 aromatic rings. The van der Waals surface area contributed by atoms with Gasteiger partial charge in [-0.25, -0.2) is 4.39 Å². The van der Waals surface area contributed by atoms with Gasteiger partial charge in [0.25, 0.3) is 5.91 Å². The highest BCUT2D eigenvalue weighted by Gasteiger charge is 2.17. The van der Waals surface area contributed by atoms with E-state index in [4.69, 9.17) is 5.11 Å². The first-order valence-electron chi connectivity index (χ1n) is 5.21. The van der Waals surface area contributed by atoms with Crippen LogP contribution < -0.4 is 5.32 Å². The van der Waals surface area contributed by atoms with Gasteiger partial charge < -0.3 is 10.4 Å². The maximum atomic E-state index is 13.4. The number of thiophene rings is 1. The molecular formula is C12H10FNO3S. The highest BCUT2D eigenvalue weighted by molar-refractivity contribution is 7.20. The summed E-state index contributed by atoms with van der Waals surface area (Å²) in [5, 5.41) is 11.4. The molecule has 0 saturated heterocycles. The Balaban J connectivity index is 2.29. The number of fused-ring (bicyclic) bond motifs is 1. The zero-order chi connectivity index (χ0) is 13.3. The number of carbonyl (C=O) groups is 2. The number of benzene rings is 1. The lowest BCUT2D eigenvalue weighted by Crippen LogP contribution is -2.37. The van der Waals surface area contributed by atoms with E-state index >= 15 is 0 Å². The molecule has 1 aromatic heterocycles. The number of hydrogen-bond donors (Lipinski definition) is 2. The third kappa shape index (κ3) is 2.33. The van der Waals surface area contributed by atoms with Gasteiger partial charge in [0.2, 0.25) is 0 Å². The van der Waals surface area contributed by atoms with Crippen molar-refractivity contribution in [3.8, 4) is 0 Å². The van der Waals surface area contributed by atoms with Gasteiger partial charge >= 0.3 is 5.97 Å². The normalized spacial score (nSPS) is 12.3. The van der Waals surface area contributed by atoms with Crippen LogP contribution in [0.5, 0.6) is 0 Å². The number of carboxylic acids is 1. The molecule has 0 bridgehead atoms. The molecule has 0 radical (unpaired) electrons. The highest BCUT2D eigenvalue weighted by atomic mass is 32.1. The van der Waals surface area contributed by atoms with Gasteiger partial charge in [0, 0.05) is 10.1 Å². The van der Waals surface area contributed by atoms with Crippen LogP contribution in [0.2, 0.25) is 0 Å². The Bertz CT molecular complexity index is 623. The van der Waals surface area contributed by atoms with Crippen LogP contribution in [-0.2, 0) is 4.79 Å². The Labute approximate surface area is 106 Å². The molecule has 1 atom stereocenters.